The first-order valence-electron chi connectivity index (χ1n) is 44.5. The van der Waals surface area contributed by atoms with E-state index < -0.39 is 189 Å². The zero-order valence-electron chi connectivity index (χ0n) is 77.2. The number of carbonyl (C=O) groups is 17. The Bertz CT molecular complexity index is 4880. The molecule has 2 heterocycles. The third-order valence-electron chi connectivity index (χ3n) is 22.1. The number of aromatic amines is 1. The molecule has 1 aromatic heterocycles. The Labute approximate surface area is 776 Å². The molecule has 724 valence electrons. The number of para-hydroxylation sites is 1. The minimum absolute atomic E-state index is 0.0855. The average Bonchev–Trinajstić information content (AvgIpc) is 0.903. The SMILES string of the molecule is CCCc1cccc2c(CC3NC(=O)C(C(C)O)NC(=O)C(CC(N)=O)NC(=O)C(NC(C)=O)C(C)(C)SSC(C)(C)C(C(=O)NC(Cc4ccc(OCCN)cc4)C(=O)NC(Cc4ccc5ccccc5c4)C(=O)NC(C)(CCCCN)C(=O)NC(CCCCNC(C)=O)C(=O)NC(CC(N)=O)C(=O)NC(CC(C)C)C(N)=O)NC(=O)C(CCCCNC(C)=O)NC3=O)c[nH]c12. The number of nitrogens with two attached hydrogens (primary N) is 5. The number of hydrogen-bond acceptors (Lipinski definition) is 23. The number of primary amides is 3. The van der Waals surface area contributed by atoms with Crippen molar-refractivity contribution in [2.24, 2.45) is 34.6 Å². The predicted molar refractivity (Wildman–Crippen MR) is 501 cm³/mol. The molecule has 6 rings (SSSR count). The first-order chi connectivity index (χ1) is 62.3. The van der Waals surface area contributed by atoms with Gasteiger partial charge in [0.1, 0.15) is 84.4 Å². The number of fused-ring (bicyclic) bond motifs is 2. The first-order valence-corrected chi connectivity index (χ1v) is 46.6. The number of ether oxygens (including phenoxy) is 1. The van der Waals surface area contributed by atoms with E-state index in [0.29, 0.717) is 40.7 Å². The number of carbonyl (C=O) groups excluding carboxylic acids is 17. The van der Waals surface area contributed by atoms with E-state index in [4.69, 9.17) is 33.4 Å². The van der Waals surface area contributed by atoms with E-state index in [2.05, 4.69) is 79.4 Å². The molecule has 1 aliphatic heterocycles. The van der Waals surface area contributed by atoms with Gasteiger partial charge in [-0.3, -0.25) is 81.5 Å². The summed E-state index contributed by atoms with van der Waals surface area (Å²) in [6, 6.07) is 5.98. The number of amides is 17. The van der Waals surface area contributed by atoms with Crippen LogP contribution in [0.5, 0.6) is 5.75 Å². The largest absolute Gasteiger partial charge is 0.492 e. The molecule has 41 heteroatoms. The highest BCUT2D eigenvalue weighted by atomic mass is 33.1. The van der Waals surface area contributed by atoms with Gasteiger partial charge in [0.2, 0.25) is 100 Å². The van der Waals surface area contributed by atoms with Gasteiger partial charge in [-0.25, -0.2) is 0 Å². The Morgan fingerprint density at radius 3 is 1.76 bits per heavy atom. The highest BCUT2D eigenvalue weighted by Gasteiger charge is 2.47. The number of H-pyrrole nitrogens is 1. The van der Waals surface area contributed by atoms with Gasteiger partial charge in [-0.1, -0.05) is 122 Å². The van der Waals surface area contributed by atoms with Crippen LogP contribution < -0.4 is 108 Å². The van der Waals surface area contributed by atoms with Crippen LogP contribution in [0.3, 0.4) is 0 Å². The van der Waals surface area contributed by atoms with Gasteiger partial charge >= 0.3 is 0 Å². The Hall–Kier alpha value is -11.9. The molecular weight excluding hydrogens is 1740 g/mol. The number of aliphatic hydroxyl groups is 1. The summed E-state index contributed by atoms with van der Waals surface area (Å²) in [5.41, 5.74) is 29.8. The molecule has 0 saturated carbocycles. The molecule has 0 radical (unpaired) electrons. The Kier molecular flexibility index (Phi) is 43.1. The second-order valence-corrected chi connectivity index (χ2v) is 38.4. The molecule has 26 N–H and O–H groups in total. The Morgan fingerprint density at radius 1 is 0.561 bits per heavy atom. The number of aliphatic hydroxyl groups excluding tert-OH is 1. The van der Waals surface area contributed by atoms with Crippen molar-refractivity contribution < 1.29 is 91.4 Å². The summed E-state index contributed by atoms with van der Waals surface area (Å²) >= 11 is 0. The average molecular weight is 1880 g/mol. The van der Waals surface area contributed by atoms with Crippen LogP contribution in [0.4, 0.5) is 0 Å². The Morgan fingerprint density at radius 2 is 1.14 bits per heavy atom. The van der Waals surface area contributed by atoms with Crippen molar-refractivity contribution >= 4 is 144 Å². The van der Waals surface area contributed by atoms with Crippen molar-refractivity contribution in [1.82, 2.24) is 79.4 Å². The summed E-state index contributed by atoms with van der Waals surface area (Å²) in [5.74, 6) is -15.8. The van der Waals surface area contributed by atoms with E-state index in [0.717, 1.165) is 63.7 Å². The van der Waals surface area contributed by atoms with Gasteiger partial charge in [-0.15, -0.1) is 0 Å². The second-order valence-electron chi connectivity index (χ2n) is 35.0. The molecule has 1 saturated heterocycles. The third-order valence-corrected chi connectivity index (χ3v) is 26.4. The van der Waals surface area contributed by atoms with Gasteiger partial charge in [-0.05, 0) is 170 Å². The van der Waals surface area contributed by atoms with E-state index in [1.165, 1.54) is 48.5 Å². The van der Waals surface area contributed by atoms with Crippen LogP contribution in [0.15, 0.2) is 91.1 Å². The van der Waals surface area contributed by atoms with E-state index in [-0.39, 0.29) is 128 Å². The molecule has 132 heavy (non-hydrogen) atoms. The van der Waals surface area contributed by atoms with Crippen LogP contribution in [0.25, 0.3) is 21.7 Å². The number of aromatic nitrogens is 1. The number of nitrogens with one attached hydrogen (secondary N) is 15. The minimum atomic E-state index is -2.02. The van der Waals surface area contributed by atoms with Crippen molar-refractivity contribution in [2.45, 2.75) is 280 Å². The number of benzene rings is 4. The summed E-state index contributed by atoms with van der Waals surface area (Å²) in [5, 5.41) is 51.2. The highest BCUT2D eigenvalue weighted by Crippen LogP contribution is 2.47. The standard InChI is InChI=1S/C91H134N20O19S2/c1-13-23-58-26-22-27-62-60(49-99-74(58)62)46-68-81(122)101-63(28-16-20-39-97-52(5)113)79(120)110-76(90(10,11)132-131-89(8,9)75(100-54(7)115)86(127)107-70(48-72(95)117)83(124)109-73(51(4)112)85(126)105-68)87(128)106-66(44-55-31-34-61(35-32-55)130-41-38-93)80(121)103-67(45-56-30-33-57-24-14-15-25-59(57)43-56)84(125)111-91(12,36-18-19-37-92)88(129)108-64(29-17-21-40-98-53(6)114)78(119)104-69(47-71(94)116)82(123)102-65(77(96)118)42-50(2)3/h14-15,22,24-27,30-35,43,49-51,63-70,73,75-76,99,112H,13,16-21,23,28-29,36-42,44-48,92-93H2,1-12H3,(H2,94,116)(H2,95,117)(H2,96,118)(H,97,113)(H,98,114)(H,100,115)(H,101,122)(H,102,123)(H,103,121)(H,104,119)(H,105,126)(H,106,128)(H,107,127)(H,108,129)(H,109,124)(H,110,120)(H,111,125). The van der Waals surface area contributed by atoms with Crippen molar-refractivity contribution in [3.8, 4) is 5.75 Å². The van der Waals surface area contributed by atoms with E-state index in [9.17, 15) is 57.8 Å². The lowest BCUT2D eigenvalue weighted by Gasteiger charge is -2.39. The molecule has 4 aromatic carbocycles. The van der Waals surface area contributed by atoms with Crippen molar-refractivity contribution in [2.75, 3.05) is 32.8 Å². The second kappa shape index (κ2) is 52.3. The van der Waals surface area contributed by atoms with E-state index >= 15 is 28.8 Å². The van der Waals surface area contributed by atoms with Gasteiger partial charge in [0.05, 0.1) is 18.9 Å². The maximum Gasteiger partial charge on any atom is 0.246 e. The summed E-state index contributed by atoms with van der Waals surface area (Å²) in [6.07, 6.45) is -0.581. The van der Waals surface area contributed by atoms with Crippen LogP contribution in [-0.4, -0.2) is 231 Å². The van der Waals surface area contributed by atoms with Gasteiger partial charge in [0.25, 0.3) is 0 Å². The molecule has 13 atom stereocenters. The molecular formula is C91H134N20O19S2. The quantitative estimate of drug-likeness (QED) is 0.0183. The molecule has 0 spiro atoms. The maximum absolute atomic E-state index is 16.4. The number of hydrogen-bond donors (Lipinski definition) is 21. The number of rotatable bonds is 46. The zero-order chi connectivity index (χ0) is 97.9. The van der Waals surface area contributed by atoms with Gasteiger partial charge < -0.3 is 118 Å². The fourth-order valence-corrected chi connectivity index (χ4v) is 17.8. The van der Waals surface area contributed by atoms with Gasteiger partial charge in [-0.2, -0.15) is 0 Å². The van der Waals surface area contributed by atoms with Crippen LogP contribution in [0.2, 0.25) is 0 Å². The minimum Gasteiger partial charge on any atom is -0.492 e. The normalized spacial score (nSPS) is 19.2. The molecule has 1 fully saturated rings. The molecule has 13 unspecified atom stereocenters. The smallest absolute Gasteiger partial charge is 0.246 e. The van der Waals surface area contributed by atoms with Crippen molar-refractivity contribution in [3.63, 3.8) is 0 Å². The molecule has 39 nitrogen and oxygen atoms in total. The molecule has 5 aromatic rings. The lowest BCUT2D eigenvalue weighted by atomic mass is 9.91. The van der Waals surface area contributed by atoms with Gasteiger partial charge in [0.15, 0.2) is 0 Å². The molecule has 1 aliphatic rings. The van der Waals surface area contributed by atoms with E-state index in [1.807, 2.05) is 37.3 Å². The Balaban J connectivity index is 1.55. The van der Waals surface area contributed by atoms with Gasteiger partial charge in [0, 0.05) is 86.3 Å². The summed E-state index contributed by atoms with van der Waals surface area (Å²) in [4.78, 5) is 247. The van der Waals surface area contributed by atoms with E-state index in [1.54, 1.807) is 74.6 Å². The monoisotopic (exact) mass is 1870 g/mol. The van der Waals surface area contributed by atoms with Crippen LogP contribution >= 0.6 is 21.6 Å². The van der Waals surface area contributed by atoms with Crippen molar-refractivity contribution in [1.29, 1.82) is 0 Å². The lowest BCUT2D eigenvalue weighted by molar-refractivity contribution is -0.138. The molecule has 17 amide bonds. The molecule has 0 bridgehead atoms. The topological polar surface area (TPSA) is 634 Å². The highest BCUT2D eigenvalue weighted by molar-refractivity contribution is 8.77. The van der Waals surface area contributed by atoms with Crippen LogP contribution in [0.1, 0.15) is 189 Å². The number of aryl methyl sites for hydroxylation is 1. The van der Waals surface area contributed by atoms with Crippen LogP contribution in [0, 0.1) is 5.92 Å². The zero-order valence-corrected chi connectivity index (χ0v) is 78.9. The summed E-state index contributed by atoms with van der Waals surface area (Å²) in [6.45, 7) is 18.6. The molecule has 0 aliphatic carbocycles. The summed E-state index contributed by atoms with van der Waals surface area (Å²) < 4.78 is 2.59. The summed E-state index contributed by atoms with van der Waals surface area (Å²) in [7, 11) is 1.82. The maximum atomic E-state index is 16.4. The van der Waals surface area contributed by atoms with Crippen LogP contribution in [-0.2, 0) is 107 Å². The fourth-order valence-electron chi connectivity index (χ4n) is 15.0. The van der Waals surface area contributed by atoms with Crippen molar-refractivity contribution in [3.05, 3.63) is 113 Å². The fraction of sp³-hybridized carbons (Fsp3) is 0.549. The predicted octanol–water partition coefficient (Wildman–Crippen LogP) is 0.224. The first kappa shape index (κ1) is 109. The number of unbranched alkanes of at least 4 members (excludes halogenated alkanes) is 3. The third kappa shape index (κ3) is 34.6. The lowest BCUT2D eigenvalue weighted by Crippen LogP contribution is -2.65.